The first-order valence-corrected chi connectivity index (χ1v) is 7.52. The van der Waals surface area contributed by atoms with E-state index in [1.54, 1.807) is 6.07 Å². The van der Waals surface area contributed by atoms with Crippen LogP contribution in [-0.4, -0.2) is 32.9 Å². The Kier molecular flexibility index (Phi) is 5.28. The van der Waals surface area contributed by atoms with E-state index in [2.05, 4.69) is 4.90 Å². The molecule has 1 aliphatic rings. The van der Waals surface area contributed by atoms with Crippen LogP contribution in [0, 0.1) is 11.7 Å². The first kappa shape index (κ1) is 15.9. The molecule has 1 aromatic carbocycles. The lowest BCUT2D eigenvalue weighted by molar-refractivity contribution is 0.0685. The average molecular weight is 296 g/mol. The second kappa shape index (κ2) is 6.98. The van der Waals surface area contributed by atoms with Gasteiger partial charge in [0.05, 0.1) is 17.5 Å². The van der Waals surface area contributed by atoms with Gasteiger partial charge in [0, 0.05) is 38.9 Å². The Bertz CT molecular complexity index is 474. The Labute approximate surface area is 126 Å². The van der Waals surface area contributed by atoms with Crippen LogP contribution in [0.3, 0.4) is 0 Å². The Morgan fingerprint density at radius 3 is 2.67 bits per heavy atom. The first-order chi connectivity index (χ1) is 9.97. The molecule has 4 nitrogen and oxygen atoms in total. The molecule has 0 amide bonds. The molecule has 0 saturated carbocycles. The summed E-state index contributed by atoms with van der Waals surface area (Å²) in [7, 11) is 1.98. The molecule has 1 saturated heterocycles. The maximum absolute atomic E-state index is 13.9. The number of rotatable bonds is 5. The van der Waals surface area contributed by atoms with Crippen LogP contribution in [0.1, 0.15) is 26.7 Å². The molecule has 118 valence electrons. The lowest BCUT2D eigenvalue weighted by Crippen LogP contribution is -2.30. The van der Waals surface area contributed by atoms with Crippen LogP contribution >= 0.6 is 0 Å². The number of hydrogen-bond acceptors (Lipinski definition) is 4. The van der Waals surface area contributed by atoms with Crippen molar-refractivity contribution in [2.75, 3.05) is 37.4 Å². The fourth-order valence-electron chi connectivity index (χ4n) is 2.65. The van der Waals surface area contributed by atoms with Crippen molar-refractivity contribution >= 4 is 11.4 Å². The van der Waals surface area contributed by atoms with E-state index in [4.69, 9.17) is 15.2 Å². The summed E-state index contributed by atoms with van der Waals surface area (Å²) in [4.78, 5) is 2.08. The van der Waals surface area contributed by atoms with Crippen molar-refractivity contribution in [2.45, 2.75) is 32.8 Å². The van der Waals surface area contributed by atoms with Crippen LogP contribution in [0.4, 0.5) is 15.8 Å². The van der Waals surface area contributed by atoms with Crippen LogP contribution in [-0.2, 0) is 4.74 Å². The molecule has 0 atom stereocenters. The third-order valence-corrected chi connectivity index (χ3v) is 3.73. The summed E-state index contributed by atoms with van der Waals surface area (Å²) >= 11 is 0. The zero-order chi connectivity index (χ0) is 15.4. The van der Waals surface area contributed by atoms with Crippen LogP contribution in [0.5, 0.6) is 5.75 Å². The zero-order valence-electron chi connectivity index (χ0n) is 13.1. The smallest absolute Gasteiger partial charge is 0.167 e. The van der Waals surface area contributed by atoms with Gasteiger partial charge in [0.2, 0.25) is 0 Å². The van der Waals surface area contributed by atoms with E-state index < -0.39 is 5.82 Å². The maximum Gasteiger partial charge on any atom is 0.167 e. The molecule has 2 rings (SSSR count). The summed E-state index contributed by atoms with van der Waals surface area (Å²) in [5.74, 6) is 0.431. The van der Waals surface area contributed by atoms with E-state index in [1.807, 2.05) is 20.9 Å². The van der Waals surface area contributed by atoms with Gasteiger partial charge in [0.15, 0.2) is 11.6 Å². The van der Waals surface area contributed by atoms with Gasteiger partial charge in [-0.15, -0.1) is 0 Å². The fraction of sp³-hybridized carbons (Fsp3) is 0.625. The average Bonchev–Trinajstić information content (AvgIpc) is 2.42. The number of hydrogen-bond donors (Lipinski definition) is 1. The molecule has 0 aromatic heterocycles. The summed E-state index contributed by atoms with van der Waals surface area (Å²) in [5, 5.41) is 0. The number of nitrogen functional groups attached to an aromatic ring is 1. The predicted octanol–water partition coefficient (Wildman–Crippen LogP) is 3.06. The molecule has 1 heterocycles. The normalized spacial score (nSPS) is 16.2. The third kappa shape index (κ3) is 4.24. The minimum Gasteiger partial charge on any atom is -0.488 e. The first-order valence-electron chi connectivity index (χ1n) is 7.52. The van der Waals surface area contributed by atoms with Gasteiger partial charge in [-0.25, -0.2) is 4.39 Å². The molecule has 1 aliphatic heterocycles. The van der Waals surface area contributed by atoms with Gasteiger partial charge >= 0.3 is 0 Å². The van der Waals surface area contributed by atoms with Crippen molar-refractivity contribution in [2.24, 2.45) is 5.92 Å². The zero-order valence-corrected chi connectivity index (χ0v) is 13.1. The van der Waals surface area contributed by atoms with Crippen molar-refractivity contribution in [3.8, 4) is 5.75 Å². The van der Waals surface area contributed by atoms with Gasteiger partial charge in [-0.3, -0.25) is 0 Å². The van der Waals surface area contributed by atoms with Gasteiger partial charge in [0.1, 0.15) is 0 Å². The number of anilines is 2. The van der Waals surface area contributed by atoms with Crippen molar-refractivity contribution in [3.63, 3.8) is 0 Å². The lowest BCUT2D eigenvalue weighted by atomic mass is 9.99. The van der Waals surface area contributed by atoms with Crippen molar-refractivity contribution in [1.29, 1.82) is 0 Å². The van der Waals surface area contributed by atoms with E-state index in [0.29, 0.717) is 11.6 Å². The van der Waals surface area contributed by atoms with Gasteiger partial charge in [0.25, 0.3) is 0 Å². The second-order valence-corrected chi connectivity index (χ2v) is 5.94. The number of benzene rings is 1. The molecule has 1 aromatic rings. The van der Waals surface area contributed by atoms with Crippen LogP contribution in [0.2, 0.25) is 0 Å². The van der Waals surface area contributed by atoms with Gasteiger partial charge < -0.3 is 20.1 Å². The second-order valence-electron chi connectivity index (χ2n) is 5.94. The largest absolute Gasteiger partial charge is 0.488 e. The number of ether oxygens (including phenoxy) is 2. The van der Waals surface area contributed by atoms with Crippen LogP contribution in [0.15, 0.2) is 12.1 Å². The van der Waals surface area contributed by atoms with Crippen LogP contribution in [0.25, 0.3) is 0 Å². The van der Waals surface area contributed by atoms with Crippen LogP contribution < -0.4 is 15.4 Å². The van der Waals surface area contributed by atoms with Gasteiger partial charge in [-0.2, -0.15) is 0 Å². The summed E-state index contributed by atoms with van der Waals surface area (Å²) in [6.45, 7) is 6.28. The highest BCUT2D eigenvalue weighted by atomic mass is 19.1. The van der Waals surface area contributed by atoms with Crippen molar-refractivity contribution < 1.29 is 13.9 Å². The van der Waals surface area contributed by atoms with Gasteiger partial charge in [-0.1, -0.05) is 0 Å². The minimum atomic E-state index is -0.413. The SMILES string of the molecule is CC(C)Oc1cc(N(C)CC2CCOCC2)c(N)cc1F. The Morgan fingerprint density at radius 2 is 2.05 bits per heavy atom. The van der Waals surface area contributed by atoms with Gasteiger partial charge in [-0.05, 0) is 32.6 Å². The number of halogens is 1. The van der Waals surface area contributed by atoms with E-state index in [0.717, 1.165) is 38.3 Å². The Morgan fingerprint density at radius 1 is 1.38 bits per heavy atom. The van der Waals surface area contributed by atoms with E-state index in [1.165, 1.54) is 6.07 Å². The Hall–Kier alpha value is -1.49. The Balaban J connectivity index is 2.13. The number of nitrogens with zero attached hydrogens (tertiary/aromatic N) is 1. The summed E-state index contributed by atoms with van der Waals surface area (Å²) < 4.78 is 24.8. The summed E-state index contributed by atoms with van der Waals surface area (Å²) in [6.07, 6.45) is 2.04. The molecule has 0 aliphatic carbocycles. The monoisotopic (exact) mass is 296 g/mol. The molecular weight excluding hydrogens is 271 g/mol. The van der Waals surface area contributed by atoms with Crippen molar-refractivity contribution in [3.05, 3.63) is 17.9 Å². The molecule has 0 bridgehead atoms. The fourth-order valence-corrected chi connectivity index (χ4v) is 2.65. The summed E-state index contributed by atoms with van der Waals surface area (Å²) in [5.41, 5.74) is 7.23. The quantitative estimate of drug-likeness (QED) is 0.848. The molecule has 5 heteroatoms. The topological polar surface area (TPSA) is 47.7 Å². The molecule has 2 N–H and O–H groups in total. The van der Waals surface area contributed by atoms with Crippen molar-refractivity contribution in [1.82, 2.24) is 0 Å². The predicted molar refractivity (Wildman–Crippen MR) is 83.4 cm³/mol. The number of nitrogens with two attached hydrogens (primary N) is 1. The highest BCUT2D eigenvalue weighted by molar-refractivity contribution is 5.69. The van der Waals surface area contributed by atoms with E-state index in [9.17, 15) is 4.39 Å². The third-order valence-electron chi connectivity index (χ3n) is 3.73. The highest BCUT2D eigenvalue weighted by Crippen LogP contribution is 2.32. The molecular formula is C16H25FN2O2. The molecule has 1 fully saturated rings. The highest BCUT2D eigenvalue weighted by Gasteiger charge is 2.19. The molecule has 21 heavy (non-hydrogen) atoms. The standard InChI is InChI=1S/C16H25FN2O2/c1-11(2)21-16-9-15(14(18)8-13(16)17)19(3)10-12-4-6-20-7-5-12/h8-9,11-12H,4-7,10,18H2,1-3H3. The minimum absolute atomic E-state index is 0.0724. The molecule has 0 spiro atoms. The maximum atomic E-state index is 13.9. The molecule has 0 radical (unpaired) electrons. The van der Waals surface area contributed by atoms with E-state index in [-0.39, 0.29) is 11.9 Å². The molecule has 0 unspecified atom stereocenters. The van der Waals surface area contributed by atoms with E-state index >= 15 is 0 Å². The lowest BCUT2D eigenvalue weighted by Gasteiger charge is -2.29. The summed E-state index contributed by atoms with van der Waals surface area (Å²) in [6, 6.07) is 3.04.